The van der Waals surface area contributed by atoms with Gasteiger partial charge in [-0.25, -0.2) is 9.67 Å². The van der Waals surface area contributed by atoms with E-state index in [1.165, 1.54) is 17.3 Å². The molecule has 6 nitrogen and oxygen atoms in total. The molecule has 2 aromatic carbocycles. The Balaban J connectivity index is 1.85. The van der Waals surface area contributed by atoms with Crippen molar-refractivity contribution in [2.75, 3.05) is 6.61 Å². The van der Waals surface area contributed by atoms with Crippen molar-refractivity contribution >= 4 is 23.2 Å². The van der Waals surface area contributed by atoms with E-state index in [2.05, 4.69) is 10.1 Å². The van der Waals surface area contributed by atoms with E-state index in [1.54, 1.807) is 42.5 Å². The second-order valence-electron chi connectivity index (χ2n) is 5.80. The predicted molar refractivity (Wildman–Crippen MR) is 98.6 cm³/mol. The Labute approximate surface area is 160 Å². The Morgan fingerprint density at radius 3 is 2.42 bits per heavy atom. The summed E-state index contributed by atoms with van der Waals surface area (Å²) in [5.74, 6) is 1.14. The van der Waals surface area contributed by atoms with Gasteiger partial charge in [-0.1, -0.05) is 29.3 Å². The molecule has 3 aromatic rings. The monoisotopic (exact) mass is 393 g/mol. The summed E-state index contributed by atoms with van der Waals surface area (Å²) in [7, 11) is 0. The van der Waals surface area contributed by atoms with Gasteiger partial charge in [-0.2, -0.15) is 5.10 Å². The lowest BCUT2D eigenvalue weighted by Crippen LogP contribution is -2.33. The normalized spacial score (nSPS) is 13.4. The van der Waals surface area contributed by atoms with E-state index in [9.17, 15) is 10.2 Å². The molecule has 0 aliphatic carbocycles. The largest absolute Gasteiger partial charge is 0.457 e. The average molecular weight is 394 g/mol. The molecule has 0 saturated heterocycles. The van der Waals surface area contributed by atoms with Crippen LogP contribution in [0.3, 0.4) is 0 Å². The molecule has 0 aliphatic rings. The summed E-state index contributed by atoms with van der Waals surface area (Å²) in [6, 6.07) is 12.0. The molecule has 1 aromatic heterocycles. The maximum atomic E-state index is 11.1. The van der Waals surface area contributed by atoms with E-state index >= 15 is 0 Å². The van der Waals surface area contributed by atoms with E-state index in [0.717, 1.165) is 0 Å². The molecule has 0 fully saturated rings. The summed E-state index contributed by atoms with van der Waals surface area (Å²) in [5, 5.41) is 25.4. The minimum absolute atomic E-state index is 0.101. The molecule has 0 spiro atoms. The number of nitrogens with zero attached hydrogens (tertiary/aromatic N) is 3. The zero-order valence-corrected chi connectivity index (χ0v) is 15.2. The van der Waals surface area contributed by atoms with Gasteiger partial charge in [0.15, 0.2) is 0 Å². The summed E-state index contributed by atoms with van der Waals surface area (Å²) in [5.41, 5.74) is -0.912. The van der Waals surface area contributed by atoms with E-state index in [1.807, 2.05) is 0 Å². The van der Waals surface area contributed by atoms with Crippen LogP contribution in [0.4, 0.5) is 0 Å². The number of aliphatic hydroxyl groups excluding tert-OH is 1. The quantitative estimate of drug-likeness (QED) is 0.640. The van der Waals surface area contributed by atoms with E-state index in [4.69, 9.17) is 27.9 Å². The van der Waals surface area contributed by atoms with Crippen LogP contribution in [-0.2, 0) is 12.1 Å². The van der Waals surface area contributed by atoms with Crippen LogP contribution in [0.1, 0.15) is 12.0 Å². The van der Waals surface area contributed by atoms with Gasteiger partial charge in [0.25, 0.3) is 0 Å². The molecular weight excluding hydrogens is 377 g/mol. The topological polar surface area (TPSA) is 80.4 Å². The third kappa shape index (κ3) is 4.34. The number of benzene rings is 2. The van der Waals surface area contributed by atoms with Gasteiger partial charge < -0.3 is 14.9 Å². The number of hydrogen-bond donors (Lipinski definition) is 2. The molecule has 0 bridgehead atoms. The lowest BCUT2D eigenvalue weighted by molar-refractivity contribution is -0.00756. The van der Waals surface area contributed by atoms with Gasteiger partial charge in [0, 0.05) is 23.6 Å². The number of halogens is 2. The fourth-order valence-corrected chi connectivity index (χ4v) is 3.11. The fourth-order valence-electron chi connectivity index (χ4n) is 2.64. The number of ether oxygens (including phenoxy) is 1. The van der Waals surface area contributed by atoms with E-state index in [-0.39, 0.29) is 19.6 Å². The molecule has 1 unspecified atom stereocenters. The molecule has 0 aliphatic heterocycles. The number of aliphatic hydroxyl groups is 2. The Morgan fingerprint density at radius 2 is 1.81 bits per heavy atom. The molecule has 1 heterocycles. The van der Waals surface area contributed by atoms with Crippen molar-refractivity contribution in [2.45, 2.75) is 18.6 Å². The van der Waals surface area contributed by atoms with Crippen molar-refractivity contribution in [3.05, 3.63) is 70.7 Å². The Hall–Kier alpha value is -2.12. The summed E-state index contributed by atoms with van der Waals surface area (Å²) < 4.78 is 7.24. The zero-order chi connectivity index (χ0) is 18.6. The van der Waals surface area contributed by atoms with E-state index < -0.39 is 5.60 Å². The first-order chi connectivity index (χ1) is 12.5. The number of rotatable bonds is 7. The maximum absolute atomic E-state index is 11.1. The lowest BCUT2D eigenvalue weighted by Gasteiger charge is -2.29. The van der Waals surface area contributed by atoms with Crippen molar-refractivity contribution < 1.29 is 14.9 Å². The van der Waals surface area contributed by atoms with Crippen molar-refractivity contribution in [3.63, 3.8) is 0 Å². The molecule has 8 heteroatoms. The van der Waals surface area contributed by atoms with Gasteiger partial charge in [-0.3, -0.25) is 0 Å². The minimum atomic E-state index is -1.39. The summed E-state index contributed by atoms with van der Waals surface area (Å²) >= 11 is 12.3. The third-order valence-electron chi connectivity index (χ3n) is 3.91. The van der Waals surface area contributed by atoms with Crippen LogP contribution in [0.2, 0.25) is 10.0 Å². The van der Waals surface area contributed by atoms with Crippen LogP contribution in [0.25, 0.3) is 0 Å². The molecule has 0 saturated carbocycles. The van der Waals surface area contributed by atoms with Crippen molar-refractivity contribution in [1.82, 2.24) is 14.8 Å². The standard InChI is InChI=1S/C18H17Cl2N3O3/c19-13-1-3-14(4-2-13)26-15-5-6-16(17(20)9-15)18(25,7-8-24)10-23-12-21-11-22-23/h1-6,9,11-12,24-25H,7-8,10H2. The van der Waals surface area contributed by atoms with Crippen LogP contribution >= 0.6 is 23.2 Å². The highest BCUT2D eigenvalue weighted by molar-refractivity contribution is 6.31. The molecule has 2 N–H and O–H groups in total. The maximum Gasteiger partial charge on any atom is 0.137 e. The highest BCUT2D eigenvalue weighted by Gasteiger charge is 2.32. The first-order valence-electron chi connectivity index (χ1n) is 7.89. The molecule has 0 radical (unpaired) electrons. The van der Waals surface area contributed by atoms with Gasteiger partial charge in [-0.15, -0.1) is 0 Å². The fraction of sp³-hybridized carbons (Fsp3) is 0.222. The smallest absolute Gasteiger partial charge is 0.137 e. The Bertz CT molecular complexity index is 857. The number of aromatic nitrogens is 3. The zero-order valence-electron chi connectivity index (χ0n) is 13.7. The number of hydrogen-bond acceptors (Lipinski definition) is 5. The molecule has 136 valence electrons. The van der Waals surface area contributed by atoms with Gasteiger partial charge in [0.1, 0.15) is 29.8 Å². The van der Waals surface area contributed by atoms with Gasteiger partial charge in [0.05, 0.1) is 11.6 Å². The van der Waals surface area contributed by atoms with Crippen LogP contribution < -0.4 is 4.74 Å². The first-order valence-corrected chi connectivity index (χ1v) is 8.65. The molecule has 3 rings (SSSR count). The van der Waals surface area contributed by atoms with Crippen LogP contribution in [0.15, 0.2) is 55.1 Å². The second-order valence-corrected chi connectivity index (χ2v) is 6.64. The highest BCUT2D eigenvalue weighted by atomic mass is 35.5. The summed E-state index contributed by atoms with van der Waals surface area (Å²) in [6.45, 7) is -0.0881. The SMILES string of the molecule is OCCC(O)(Cn1cncn1)c1ccc(Oc2ccc(Cl)cc2)cc1Cl. The first kappa shape index (κ1) is 18.7. The van der Waals surface area contributed by atoms with Gasteiger partial charge >= 0.3 is 0 Å². The van der Waals surface area contributed by atoms with Gasteiger partial charge in [-0.05, 0) is 36.4 Å². The predicted octanol–water partition coefficient (Wildman–Crippen LogP) is 3.65. The lowest BCUT2D eigenvalue weighted by atomic mass is 9.90. The van der Waals surface area contributed by atoms with Gasteiger partial charge in [0.2, 0.25) is 0 Å². The molecule has 26 heavy (non-hydrogen) atoms. The van der Waals surface area contributed by atoms with Crippen LogP contribution in [0.5, 0.6) is 11.5 Å². The minimum Gasteiger partial charge on any atom is -0.457 e. The van der Waals surface area contributed by atoms with E-state index in [0.29, 0.717) is 27.1 Å². The third-order valence-corrected chi connectivity index (χ3v) is 4.47. The Morgan fingerprint density at radius 1 is 1.08 bits per heavy atom. The van der Waals surface area contributed by atoms with Crippen molar-refractivity contribution in [3.8, 4) is 11.5 Å². The van der Waals surface area contributed by atoms with Crippen molar-refractivity contribution in [1.29, 1.82) is 0 Å². The molecular formula is C18H17Cl2N3O3. The van der Waals surface area contributed by atoms with Crippen LogP contribution in [-0.4, -0.2) is 31.6 Å². The van der Waals surface area contributed by atoms with Crippen LogP contribution in [0, 0.1) is 0 Å². The molecule has 1 atom stereocenters. The van der Waals surface area contributed by atoms with Crippen molar-refractivity contribution in [2.24, 2.45) is 0 Å². The Kier molecular flexibility index (Phi) is 5.78. The summed E-state index contributed by atoms with van der Waals surface area (Å²) in [6.07, 6.45) is 2.97. The summed E-state index contributed by atoms with van der Waals surface area (Å²) in [4.78, 5) is 3.87. The highest BCUT2D eigenvalue weighted by Crippen LogP contribution is 2.36. The molecule has 0 amide bonds. The average Bonchev–Trinajstić information content (AvgIpc) is 3.10. The second kappa shape index (κ2) is 8.05.